The molecule has 0 aromatic carbocycles. The van der Waals surface area contributed by atoms with E-state index in [-0.39, 0.29) is 0 Å². The first-order valence-electron chi connectivity index (χ1n) is 5.43. The first kappa shape index (κ1) is 13.5. The minimum atomic E-state index is 0.470. The highest BCUT2D eigenvalue weighted by atomic mass is 16.5. The van der Waals surface area contributed by atoms with Crippen molar-refractivity contribution < 1.29 is 4.74 Å². The molecule has 1 rings (SSSR count). The Balaban J connectivity index is 2.58. The van der Waals surface area contributed by atoms with Gasteiger partial charge in [0, 0.05) is 6.54 Å². The zero-order valence-corrected chi connectivity index (χ0v) is 10.5. The monoisotopic (exact) mass is 240 g/mol. The van der Waals surface area contributed by atoms with Crippen LogP contribution in [0.5, 0.6) is 5.75 Å². The molecule has 0 bridgehead atoms. The van der Waals surface area contributed by atoms with Crippen LogP contribution in [0.25, 0.3) is 0 Å². The number of hydrazine groups is 1. The van der Waals surface area contributed by atoms with Crippen LogP contribution in [0.4, 0.5) is 11.6 Å². The molecular weight excluding hydrogens is 220 g/mol. The number of ether oxygens (including phenoxy) is 1. The second kappa shape index (κ2) is 6.87. The van der Waals surface area contributed by atoms with Crippen LogP contribution in [-0.2, 0) is 0 Å². The molecule has 0 aliphatic rings. The molecule has 0 saturated heterocycles. The Morgan fingerprint density at radius 3 is 2.65 bits per heavy atom. The van der Waals surface area contributed by atoms with Crippen molar-refractivity contribution in [1.82, 2.24) is 14.9 Å². The quantitative estimate of drug-likeness (QED) is 0.355. The molecule has 0 aliphatic heterocycles. The van der Waals surface area contributed by atoms with Gasteiger partial charge in [0.05, 0.1) is 7.11 Å². The van der Waals surface area contributed by atoms with Crippen molar-refractivity contribution in [1.29, 1.82) is 0 Å². The Morgan fingerprint density at radius 2 is 2.06 bits per heavy atom. The average Bonchev–Trinajstić information content (AvgIpc) is 2.33. The number of hydrogen-bond donors (Lipinski definition) is 3. The van der Waals surface area contributed by atoms with Crippen LogP contribution >= 0.6 is 0 Å². The van der Waals surface area contributed by atoms with Gasteiger partial charge in [0.2, 0.25) is 5.75 Å². The van der Waals surface area contributed by atoms with Crippen LogP contribution in [0.3, 0.4) is 0 Å². The lowest BCUT2D eigenvalue weighted by atomic mass is 10.4. The standard InChI is InChI=1S/C10H20N6O/c1-16(2)6-4-5-12-9-8(17-3)10(15-11)14-7-13-9/h7H,4-6,11H2,1-3H3,(H2,12,13,14,15). The van der Waals surface area contributed by atoms with Crippen molar-refractivity contribution in [3.8, 4) is 5.75 Å². The third-order valence-electron chi connectivity index (χ3n) is 2.22. The first-order chi connectivity index (χ1) is 8.19. The summed E-state index contributed by atoms with van der Waals surface area (Å²) in [5, 5.41) is 3.20. The molecule has 0 fully saturated rings. The van der Waals surface area contributed by atoms with Crippen LogP contribution in [0.2, 0.25) is 0 Å². The summed E-state index contributed by atoms with van der Waals surface area (Å²) in [6, 6.07) is 0. The number of nitrogens with two attached hydrogens (primary N) is 1. The van der Waals surface area contributed by atoms with Gasteiger partial charge in [0.25, 0.3) is 0 Å². The number of nitrogens with zero attached hydrogens (tertiary/aromatic N) is 3. The molecule has 0 radical (unpaired) electrons. The summed E-state index contributed by atoms with van der Waals surface area (Å²) >= 11 is 0. The maximum atomic E-state index is 5.33. The van der Waals surface area contributed by atoms with Gasteiger partial charge < -0.3 is 20.4 Å². The summed E-state index contributed by atoms with van der Waals surface area (Å²) < 4.78 is 5.21. The van der Waals surface area contributed by atoms with Crippen molar-refractivity contribution in [3.05, 3.63) is 6.33 Å². The zero-order chi connectivity index (χ0) is 12.7. The van der Waals surface area contributed by atoms with E-state index in [0.717, 1.165) is 19.5 Å². The SMILES string of the molecule is COc1c(NN)ncnc1NCCCN(C)C. The molecule has 96 valence electrons. The largest absolute Gasteiger partial charge is 0.490 e. The van der Waals surface area contributed by atoms with Gasteiger partial charge in [-0.3, -0.25) is 0 Å². The number of aromatic nitrogens is 2. The molecule has 1 aromatic heterocycles. The molecule has 17 heavy (non-hydrogen) atoms. The summed E-state index contributed by atoms with van der Waals surface area (Å²) in [5.74, 6) is 6.98. The van der Waals surface area contributed by atoms with E-state index in [4.69, 9.17) is 10.6 Å². The third-order valence-corrected chi connectivity index (χ3v) is 2.22. The molecule has 0 spiro atoms. The van der Waals surface area contributed by atoms with Gasteiger partial charge in [-0.15, -0.1) is 0 Å². The zero-order valence-electron chi connectivity index (χ0n) is 10.5. The fourth-order valence-corrected chi connectivity index (χ4v) is 1.40. The van der Waals surface area contributed by atoms with Crippen LogP contribution in [0.15, 0.2) is 6.33 Å². The molecule has 7 heteroatoms. The second-order valence-electron chi connectivity index (χ2n) is 3.83. The number of methoxy groups -OCH3 is 1. The van der Waals surface area contributed by atoms with Crippen LogP contribution in [0.1, 0.15) is 6.42 Å². The van der Waals surface area contributed by atoms with E-state index in [2.05, 4.69) is 25.6 Å². The lowest BCUT2D eigenvalue weighted by molar-refractivity contribution is 0.403. The van der Waals surface area contributed by atoms with E-state index < -0.39 is 0 Å². The smallest absolute Gasteiger partial charge is 0.205 e. The number of nitrogens with one attached hydrogen (secondary N) is 2. The normalized spacial score (nSPS) is 10.4. The Bertz CT molecular complexity index is 344. The van der Waals surface area contributed by atoms with E-state index in [9.17, 15) is 0 Å². The van der Waals surface area contributed by atoms with Gasteiger partial charge in [0.15, 0.2) is 11.6 Å². The van der Waals surface area contributed by atoms with E-state index in [1.165, 1.54) is 6.33 Å². The summed E-state index contributed by atoms with van der Waals surface area (Å²) in [6.45, 7) is 1.83. The van der Waals surface area contributed by atoms with Gasteiger partial charge in [-0.1, -0.05) is 0 Å². The molecule has 0 amide bonds. The average molecular weight is 240 g/mol. The molecule has 0 atom stereocenters. The summed E-state index contributed by atoms with van der Waals surface area (Å²) in [7, 11) is 5.65. The molecule has 1 heterocycles. The molecule has 0 saturated carbocycles. The number of hydrogen-bond acceptors (Lipinski definition) is 7. The van der Waals surface area contributed by atoms with Crippen LogP contribution < -0.4 is 21.3 Å². The van der Waals surface area contributed by atoms with Crippen molar-refractivity contribution in [2.75, 3.05) is 45.0 Å². The van der Waals surface area contributed by atoms with Gasteiger partial charge >= 0.3 is 0 Å². The molecule has 0 aliphatic carbocycles. The van der Waals surface area contributed by atoms with Crippen molar-refractivity contribution >= 4 is 11.6 Å². The molecule has 0 unspecified atom stereocenters. The summed E-state index contributed by atoms with van der Waals surface area (Å²) in [6.07, 6.45) is 2.46. The van der Waals surface area contributed by atoms with Gasteiger partial charge in [0.1, 0.15) is 6.33 Å². The Labute approximate surface area is 101 Å². The van der Waals surface area contributed by atoms with Gasteiger partial charge in [-0.2, -0.15) is 0 Å². The van der Waals surface area contributed by atoms with Crippen LogP contribution in [0, 0.1) is 0 Å². The molecule has 7 nitrogen and oxygen atoms in total. The fourth-order valence-electron chi connectivity index (χ4n) is 1.40. The second-order valence-corrected chi connectivity index (χ2v) is 3.83. The van der Waals surface area contributed by atoms with Crippen molar-refractivity contribution in [3.63, 3.8) is 0 Å². The van der Waals surface area contributed by atoms with E-state index in [1.807, 2.05) is 14.1 Å². The molecule has 1 aromatic rings. The lowest BCUT2D eigenvalue weighted by Crippen LogP contribution is -2.17. The van der Waals surface area contributed by atoms with Crippen molar-refractivity contribution in [2.45, 2.75) is 6.42 Å². The number of nitrogen functional groups attached to an aromatic ring is 1. The highest BCUT2D eigenvalue weighted by Crippen LogP contribution is 2.27. The highest BCUT2D eigenvalue weighted by Gasteiger charge is 2.10. The number of rotatable bonds is 7. The minimum Gasteiger partial charge on any atom is -0.490 e. The van der Waals surface area contributed by atoms with E-state index in [0.29, 0.717) is 17.4 Å². The van der Waals surface area contributed by atoms with Gasteiger partial charge in [-0.05, 0) is 27.1 Å². The van der Waals surface area contributed by atoms with E-state index >= 15 is 0 Å². The van der Waals surface area contributed by atoms with Gasteiger partial charge in [-0.25, -0.2) is 15.8 Å². The first-order valence-corrected chi connectivity index (χ1v) is 5.43. The molecular formula is C10H20N6O. The topological polar surface area (TPSA) is 88.3 Å². The third kappa shape index (κ3) is 4.04. The highest BCUT2D eigenvalue weighted by molar-refractivity contribution is 5.62. The van der Waals surface area contributed by atoms with E-state index in [1.54, 1.807) is 7.11 Å². The van der Waals surface area contributed by atoms with Crippen LogP contribution in [-0.4, -0.2) is 49.2 Å². The minimum absolute atomic E-state index is 0.470. The maximum absolute atomic E-state index is 5.33. The Morgan fingerprint density at radius 1 is 1.35 bits per heavy atom. The molecule has 4 N–H and O–H groups in total. The summed E-state index contributed by atoms with van der Waals surface area (Å²) in [5.41, 5.74) is 2.47. The maximum Gasteiger partial charge on any atom is 0.205 e. The van der Waals surface area contributed by atoms with Crippen molar-refractivity contribution in [2.24, 2.45) is 5.84 Å². The Hall–Kier alpha value is -1.60. The lowest BCUT2D eigenvalue weighted by Gasteiger charge is -2.13. The predicted molar refractivity (Wildman–Crippen MR) is 68.1 cm³/mol. The Kier molecular flexibility index (Phi) is 5.44. The summed E-state index contributed by atoms with van der Waals surface area (Å²) in [4.78, 5) is 10.2. The fraction of sp³-hybridized carbons (Fsp3) is 0.600. The number of anilines is 2. The predicted octanol–water partition coefficient (Wildman–Crippen LogP) is 0.134.